The highest BCUT2D eigenvalue weighted by atomic mass is 19.2. The van der Waals surface area contributed by atoms with Crippen LogP contribution in [0, 0.1) is 17.5 Å². The van der Waals surface area contributed by atoms with Crippen molar-refractivity contribution in [2.45, 2.75) is 24.9 Å². The van der Waals surface area contributed by atoms with Crippen LogP contribution in [-0.2, 0) is 20.8 Å². The Kier molecular flexibility index (Phi) is 8.79. The molecule has 1 unspecified atom stereocenters. The lowest BCUT2D eigenvalue weighted by Crippen LogP contribution is -2.54. The van der Waals surface area contributed by atoms with Gasteiger partial charge in [-0.05, 0) is 18.1 Å². The minimum Gasteiger partial charge on any atom is -0.478 e. The molecule has 2 heterocycles. The monoisotopic (exact) mass is 472 g/mol. The van der Waals surface area contributed by atoms with E-state index in [9.17, 15) is 32.3 Å². The van der Waals surface area contributed by atoms with Gasteiger partial charge in [-0.3, -0.25) is 4.79 Å². The molecule has 0 aliphatic carbocycles. The highest BCUT2D eigenvalue weighted by Gasteiger charge is 2.37. The van der Waals surface area contributed by atoms with Gasteiger partial charge in [0.15, 0.2) is 11.6 Å². The third kappa shape index (κ3) is 7.49. The highest BCUT2D eigenvalue weighted by molar-refractivity contribution is 5.89. The van der Waals surface area contributed by atoms with Crippen molar-refractivity contribution in [1.82, 2.24) is 15.1 Å². The molecule has 2 fully saturated rings. The maximum atomic E-state index is 13.7. The largest absolute Gasteiger partial charge is 0.478 e. The third-order valence-corrected chi connectivity index (χ3v) is 4.96. The molecule has 2 aliphatic heterocycles. The number of aliphatic carboxylic acids is 2. The number of hydrogen-bond acceptors (Lipinski definition) is 5. The van der Waals surface area contributed by atoms with E-state index in [2.05, 4.69) is 5.32 Å². The second kappa shape index (κ2) is 11.3. The zero-order valence-electron chi connectivity index (χ0n) is 17.3. The lowest BCUT2D eigenvalue weighted by Gasteiger charge is -2.36. The maximum absolute atomic E-state index is 13.7. The van der Waals surface area contributed by atoms with Gasteiger partial charge in [0, 0.05) is 56.9 Å². The molecule has 2 atom stereocenters. The number of carboxylic acids is 2. The number of carbonyl (C=O) groups is 4. The first kappa shape index (κ1) is 25.6. The summed E-state index contributed by atoms with van der Waals surface area (Å²) in [5, 5.41) is 18.4. The van der Waals surface area contributed by atoms with Gasteiger partial charge in [0.25, 0.3) is 0 Å². The van der Waals surface area contributed by atoms with Crippen LogP contribution in [0.3, 0.4) is 0 Å². The number of fused-ring (bicyclic) bond motifs is 1. The van der Waals surface area contributed by atoms with E-state index in [1.807, 2.05) is 0 Å². The van der Waals surface area contributed by atoms with Crippen molar-refractivity contribution in [2.75, 3.05) is 26.2 Å². The summed E-state index contributed by atoms with van der Waals surface area (Å²) in [5.74, 6) is -6.01. The Morgan fingerprint density at radius 1 is 1.09 bits per heavy atom. The van der Waals surface area contributed by atoms with Gasteiger partial charge in [0.1, 0.15) is 5.82 Å². The van der Waals surface area contributed by atoms with Crippen molar-refractivity contribution in [3.63, 3.8) is 0 Å². The minimum absolute atomic E-state index is 0.0352. The fraction of sp³-hybridized carbons (Fsp3) is 0.400. The number of hydrogen-bond donors (Lipinski definition) is 4. The summed E-state index contributed by atoms with van der Waals surface area (Å²) in [6.07, 6.45) is 1.01. The first-order valence-corrected chi connectivity index (χ1v) is 9.83. The number of nitrogens with zero attached hydrogens (tertiary/aromatic N) is 2. The summed E-state index contributed by atoms with van der Waals surface area (Å²) < 4.78 is 39.8. The SMILES string of the molecule is N[C@@H](CC(=O)N1CCN2C(=O)NCC2C1)Cc1cc(F)c(F)cc1F.O=C(O)/C=C/C(=O)O. The summed E-state index contributed by atoms with van der Waals surface area (Å²) in [4.78, 5) is 46.3. The molecule has 33 heavy (non-hydrogen) atoms. The predicted octanol–water partition coefficient (Wildman–Crippen LogP) is 0.312. The molecule has 180 valence electrons. The second-order valence-electron chi connectivity index (χ2n) is 7.41. The van der Waals surface area contributed by atoms with Crippen LogP contribution in [0.4, 0.5) is 18.0 Å². The molecule has 13 heteroatoms. The first-order chi connectivity index (χ1) is 15.5. The van der Waals surface area contributed by atoms with Crippen LogP contribution in [0.1, 0.15) is 12.0 Å². The average Bonchev–Trinajstić information content (AvgIpc) is 3.11. The van der Waals surface area contributed by atoms with E-state index < -0.39 is 35.4 Å². The zero-order valence-corrected chi connectivity index (χ0v) is 17.3. The summed E-state index contributed by atoms with van der Waals surface area (Å²) >= 11 is 0. The summed E-state index contributed by atoms with van der Waals surface area (Å²) in [6, 6.07) is 0.354. The van der Waals surface area contributed by atoms with Crippen LogP contribution >= 0.6 is 0 Å². The van der Waals surface area contributed by atoms with Crippen molar-refractivity contribution >= 4 is 23.9 Å². The van der Waals surface area contributed by atoms with Gasteiger partial charge in [-0.15, -0.1) is 0 Å². The average molecular weight is 472 g/mol. The Morgan fingerprint density at radius 3 is 2.30 bits per heavy atom. The number of urea groups is 1. The maximum Gasteiger partial charge on any atom is 0.328 e. The molecule has 3 rings (SSSR count). The minimum atomic E-state index is -1.26. The van der Waals surface area contributed by atoms with E-state index in [-0.39, 0.29) is 36.4 Å². The van der Waals surface area contributed by atoms with E-state index in [1.165, 1.54) is 0 Å². The Bertz CT molecular complexity index is 942. The molecule has 1 aromatic carbocycles. The number of nitrogens with two attached hydrogens (primary N) is 1. The Hall–Kier alpha value is -3.61. The molecule has 0 spiro atoms. The first-order valence-electron chi connectivity index (χ1n) is 9.83. The number of carboxylic acid groups (broad SMARTS) is 2. The molecule has 10 nitrogen and oxygen atoms in total. The van der Waals surface area contributed by atoms with Crippen molar-refractivity contribution in [3.05, 3.63) is 47.3 Å². The summed E-state index contributed by atoms with van der Waals surface area (Å²) in [7, 11) is 0. The molecule has 2 saturated heterocycles. The summed E-state index contributed by atoms with van der Waals surface area (Å²) in [5.41, 5.74) is 5.83. The quantitative estimate of drug-likeness (QED) is 0.343. The van der Waals surface area contributed by atoms with E-state index in [4.69, 9.17) is 15.9 Å². The molecule has 2 aliphatic rings. The van der Waals surface area contributed by atoms with Crippen LogP contribution < -0.4 is 11.1 Å². The van der Waals surface area contributed by atoms with E-state index in [0.717, 1.165) is 6.07 Å². The van der Waals surface area contributed by atoms with Gasteiger partial charge in [-0.25, -0.2) is 27.6 Å². The Morgan fingerprint density at radius 2 is 1.70 bits per heavy atom. The topological polar surface area (TPSA) is 153 Å². The molecule has 3 amide bonds. The fourth-order valence-electron chi connectivity index (χ4n) is 3.40. The van der Waals surface area contributed by atoms with E-state index in [1.54, 1.807) is 9.80 Å². The molecule has 0 aromatic heterocycles. The van der Waals surface area contributed by atoms with Gasteiger partial charge in [-0.2, -0.15) is 0 Å². The summed E-state index contributed by atoms with van der Waals surface area (Å²) in [6.45, 7) is 1.78. The lowest BCUT2D eigenvalue weighted by atomic mass is 10.0. The van der Waals surface area contributed by atoms with Gasteiger partial charge in [0.2, 0.25) is 5.91 Å². The van der Waals surface area contributed by atoms with Crippen LogP contribution in [0.5, 0.6) is 0 Å². The fourth-order valence-corrected chi connectivity index (χ4v) is 3.40. The van der Waals surface area contributed by atoms with Gasteiger partial charge < -0.3 is 31.1 Å². The second-order valence-corrected chi connectivity index (χ2v) is 7.41. The molecular formula is C20H23F3N4O6. The number of amides is 3. The van der Waals surface area contributed by atoms with Crippen LogP contribution in [-0.4, -0.2) is 82.2 Å². The van der Waals surface area contributed by atoms with Crippen molar-refractivity contribution < 1.29 is 42.6 Å². The number of nitrogens with one attached hydrogen (secondary N) is 1. The third-order valence-electron chi connectivity index (χ3n) is 4.96. The molecule has 1 aromatic rings. The molecule has 0 radical (unpaired) electrons. The van der Waals surface area contributed by atoms with E-state index in [0.29, 0.717) is 44.4 Å². The van der Waals surface area contributed by atoms with E-state index >= 15 is 0 Å². The number of piperazine rings is 1. The van der Waals surface area contributed by atoms with Crippen molar-refractivity contribution in [2.24, 2.45) is 5.73 Å². The number of carbonyl (C=O) groups excluding carboxylic acids is 2. The highest BCUT2D eigenvalue weighted by Crippen LogP contribution is 2.18. The normalized spacial score (nSPS) is 18.3. The Labute approximate surface area is 186 Å². The van der Waals surface area contributed by atoms with Gasteiger partial charge >= 0.3 is 18.0 Å². The molecular weight excluding hydrogens is 449 g/mol. The van der Waals surface area contributed by atoms with Crippen LogP contribution in [0.15, 0.2) is 24.3 Å². The molecule has 0 saturated carbocycles. The van der Waals surface area contributed by atoms with Crippen molar-refractivity contribution in [3.8, 4) is 0 Å². The number of benzene rings is 1. The van der Waals surface area contributed by atoms with Gasteiger partial charge in [0.05, 0.1) is 6.04 Å². The Balaban J connectivity index is 0.000000414. The van der Waals surface area contributed by atoms with Gasteiger partial charge in [-0.1, -0.05) is 0 Å². The van der Waals surface area contributed by atoms with Crippen molar-refractivity contribution in [1.29, 1.82) is 0 Å². The number of halogens is 3. The standard InChI is InChI=1S/C16H19F3N4O2.C4H4O4/c17-12-6-14(19)13(18)4-9(12)3-10(20)5-15(24)22-1-2-23-11(8-22)7-21-16(23)25;5-3(6)1-2-4(7)8/h4,6,10-11H,1-3,5,7-8,20H2,(H,21,25);1-2H,(H,5,6)(H,7,8)/b;2-1+/t10-,11?;/m1./s1. The molecule has 0 bridgehead atoms. The van der Waals surface area contributed by atoms with Crippen LogP contribution in [0.2, 0.25) is 0 Å². The molecule has 5 N–H and O–H groups in total. The lowest BCUT2D eigenvalue weighted by molar-refractivity contribution is -0.134. The smallest absolute Gasteiger partial charge is 0.328 e. The number of rotatable bonds is 6. The zero-order chi connectivity index (χ0) is 24.7. The predicted molar refractivity (Wildman–Crippen MR) is 107 cm³/mol. The van der Waals surface area contributed by atoms with Crippen LogP contribution in [0.25, 0.3) is 0 Å².